The molecule has 1 aliphatic rings. The van der Waals surface area contributed by atoms with Crippen LogP contribution in [-0.2, 0) is 9.59 Å². The highest BCUT2D eigenvalue weighted by atomic mass is 16.2. The molecule has 0 aromatic heterocycles. The number of hydrogen-bond donors (Lipinski definition) is 2. The Morgan fingerprint density at radius 3 is 2.47 bits per heavy atom. The van der Waals surface area contributed by atoms with E-state index in [1.54, 1.807) is 4.90 Å². The van der Waals surface area contributed by atoms with Gasteiger partial charge in [-0.2, -0.15) is 0 Å². The molecule has 1 heterocycles. The summed E-state index contributed by atoms with van der Waals surface area (Å²) in [6, 6.07) is 0. The Bertz CT molecular complexity index is 297. The number of rotatable bonds is 6. The van der Waals surface area contributed by atoms with E-state index in [-0.39, 0.29) is 12.3 Å². The first-order valence-corrected chi connectivity index (χ1v) is 7.30. The van der Waals surface area contributed by atoms with Crippen molar-refractivity contribution in [2.45, 2.75) is 52.4 Å². The number of amides is 2. The van der Waals surface area contributed by atoms with E-state index in [4.69, 9.17) is 5.84 Å². The second-order valence-electron chi connectivity index (χ2n) is 5.89. The summed E-state index contributed by atoms with van der Waals surface area (Å²) in [4.78, 5) is 24.6. The number of carbonyl (C=O) groups excluding carboxylic acids is 2. The van der Waals surface area contributed by atoms with E-state index in [0.717, 1.165) is 37.8 Å². The van der Waals surface area contributed by atoms with Gasteiger partial charge in [-0.3, -0.25) is 15.0 Å². The molecule has 0 radical (unpaired) electrons. The molecule has 0 bridgehead atoms. The molecule has 1 aliphatic heterocycles. The second kappa shape index (κ2) is 8.15. The lowest BCUT2D eigenvalue weighted by atomic mass is 9.90. The number of nitrogens with two attached hydrogens (primary N) is 1. The van der Waals surface area contributed by atoms with Gasteiger partial charge in [0.25, 0.3) is 0 Å². The van der Waals surface area contributed by atoms with Gasteiger partial charge in [0, 0.05) is 13.1 Å². The Kier molecular flexibility index (Phi) is 6.84. The quantitative estimate of drug-likeness (QED) is 0.331. The van der Waals surface area contributed by atoms with Gasteiger partial charge in [-0.05, 0) is 24.7 Å². The Morgan fingerprint density at radius 2 is 1.95 bits per heavy atom. The fourth-order valence-electron chi connectivity index (χ4n) is 2.59. The predicted octanol–water partition coefficient (Wildman–Crippen LogP) is 1.43. The minimum absolute atomic E-state index is 0.108. The van der Waals surface area contributed by atoms with Gasteiger partial charge >= 0.3 is 0 Å². The van der Waals surface area contributed by atoms with Crippen molar-refractivity contribution in [3.8, 4) is 0 Å². The average molecular weight is 269 g/mol. The molecule has 0 spiro atoms. The first-order chi connectivity index (χ1) is 9.02. The van der Waals surface area contributed by atoms with Crippen molar-refractivity contribution >= 4 is 11.8 Å². The van der Waals surface area contributed by atoms with Gasteiger partial charge in [0.2, 0.25) is 11.8 Å². The molecule has 19 heavy (non-hydrogen) atoms. The standard InChI is InChI=1S/C14H27N3O2/c1-11(2)4-3-5-12-6-8-17(9-7-12)14(19)10-13(18)16-15/h11-12H,3-10,15H2,1-2H3,(H,16,18). The summed E-state index contributed by atoms with van der Waals surface area (Å²) in [5.74, 6) is 5.98. The van der Waals surface area contributed by atoms with Gasteiger partial charge in [0.1, 0.15) is 6.42 Å². The van der Waals surface area contributed by atoms with Crippen LogP contribution in [0.2, 0.25) is 0 Å². The van der Waals surface area contributed by atoms with Crippen molar-refractivity contribution in [1.82, 2.24) is 10.3 Å². The molecule has 5 heteroatoms. The van der Waals surface area contributed by atoms with E-state index in [0.29, 0.717) is 0 Å². The molecule has 0 aliphatic carbocycles. The lowest BCUT2D eigenvalue weighted by molar-refractivity contribution is -0.137. The molecule has 1 saturated heterocycles. The smallest absolute Gasteiger partial charge is 0.243 e. The third-order valence-corrected chi connectivity index (χ3v) is 3.83. The monoisotopic (exact) mass is 269 g/mol. The normalized spacial score (nSPS) is 16.7. The Labute approximate surface area is 115 Å². The maximum absolute atomic E-state index is 11.8. The fourth-order valence-corrected chi connectivity index (χ4v) is 2.59. The van der Waals surface area contributed by atoms with Crippen LogP contribution in [0.1, 0.15) is 52.4 Å². The van der Waals surface area contributed by atoms with Gasteiger partial charge in [-0.1, -0.05) is 33.1 Å². The summed E-state index contributed by atoms with van der Waals surface area (Å²) in [6.45, 7) is 6.07. The lowest BCUT2D eigenvalue weighted by Crippen LogP contribution is -2.41. The van der Waals surface area contributed by atoms with E-state index < -0.39 is 5.91 Å². The van der Waals surface area contributed by atoms with Crippen molar-refractivity contribution in [1.29, 1.82) is 0 Å². The van der Waals surface area contributed by atoms with Crippen molar-refractivity contribution < 1.29 is 9.59 Å². The van der Waals surface area contributed by atoms with Gasteiger partial charge in [0.15, 0.2) is 0 Å². The average Bonchev–Trinajstić information content (AvgIpc) is 2.38. The number of piperidine rings is 1. The van der Waals surface area contributed by atoms with Crippen molar-refractivity contribution in [3.63, 3.8) is 0 Å². The number of hydrazine groups is 1. The first kappa shape index (κ1) is 16.0. The maximum Gasteiger partial charge on any atom is 0.243 e. The highest BCUT2D eigenvalue weighted by Crippen LogP contribution is 2.23. The van der Waals surface area contributed by atoms with Gasteiger partial charge in [0.05, 0.1) is 0 Å². The van der Waals surface area contributed by atoms with Gasteiger partial charge in [-0.25, -0.2) is 5.84 Å². The maximum atomic E-state index is 11.8. The molecule has 3 N–H and O–H groups in total. The van der Waals surface area contributed by atoms with Crippen LogP contribution in [0.3, 0.4) is 0 Å². The molecule has 1 fully saturated rings. The molecular weight excluding hydrogens is 242 g/mol. The third-order valence-electron chi connectivity index (χ3n) is 3.83. The van der Waals surface area contributed by atoms with E-state index in [1.807, 2.05) is 5.43 Å². The van der Waals surface area contributed by atoms with E-state index >= 15 is 0 Å². The van der Waals surface area contributed by atoms with E-state index in [9.17, 15) is 9.59 Å². The Hall–Kier alpha value is -1.10. The molecule has 0 saturated carbocycles. The molecular formula is C14H27N3O2. The first-order valence-electron chi connectivity index (χ1n) is 7.30. The van der Waals surface area contributed by atoms with Crippen LogP contribution >= 0.6 is 0 Å². The number of hydrogen-bond acceptors (Lipinski definition) is 3. The summed E-state index contributed by atoms with van der Waals surface area (Å²) >= 11 is 0. The zero-order chi connectivity index (χ0) is 14.3. The molecule has 1 rings (SSSR count). The SMILES string of the molecule is CC(C)CCCC1CCN(C(=O)CC(=O)NN)CC1. The van der Waals surface area contributed by atoms with Crippen LogP contribution in [0.4, 0.5) is 0 Å². The molecule has 5 nitrogen and oxygen atoms in total. The highest BCUT2D eigenvalue weighted by molar-refractivity contribution is 5.96. The van der Waals surface area contributed by atoms with Crippen molar-refractivity contribution in [3.05, 3.63) is 0 Å². The van der Waals surface area contributed by atoms with Crippen LogP contribution in [0.25, 0.3) is 0 Å². The molecule has 0 atom stereocenters. The summed E-state index contributed by atoms with van der Waals surface area (Å²) < 4.78 is 0. The van der Waals surface area contributed by atoms with Crippen LogP contribution in [0.5, 0.6) is 0 Å². The number of carbonyl (C=O) groups is 2. The lowest BCUT2D eigenvalue weighted by Gasteiger charge is -2.32. The number of likely N-dealkylation sites (tertiary alicyclic amines) is 1. The van der Waals surface area contributed by atoms with Crippen LogP contribution in [0.15, 0.2) is 0 Å². The minimum atomic E-state index is -0.413. The summed E-state index contributed by atoms with van der Waals surface area (Å²) in [5, 5.41) is 0. The van der Waals surface area contributed by atoms with E-state index in [2.05, 4.69) is 13.8 Å². The summed E-state index contributed by atoms with van der Waals surface area (Å²) in [7, 11) is 0. The fraction of sp³-hybridized carbons (Fsp3) is 0.857. The summed E-state index contributed by atoms with van der Waals surface area (Å²) in [6.07, 6.45) is 5.84. The molecule has 0 aromatic carbocycles. The van der Waals surface area contributed by atoms with E-state index in [1.165, 1.54) is 19.3 Å². The van der Waals surface area contributed by atoms with Crippen LogP contribution in [0, 0.1) is 11.8 Å². The van der Waals surface area contributed by atoms with Gasteiger partial charge in [-0.15, -0.1) is 0 Å². The summed E-state index contributed by atoms with van der Waals surface area (Å²) in [5.41, 5.74) is 2.00. The third kappa shape index (κ3) is 6.05. The van der Waals surface area contributed by atoms with Crippen LogP contribution in [-0.4, -0.2) is 29.8 Å². The molecule has 0 aromatic rings. The molecule has 2 amide bonds. The molecule has 0 unspecified atom stereocenters. The molecule has 110 valence electrons. The number of nitrogens with one attached hydrogen (secondary N) is 1. The second-order valence-corrected chi connectivity index (χ2v) is 5.89. The van der Waals surface area contributed by atoms with Gasteiger partial charge < -0.3 is 4.90 Å². The zero-order valence-corrected chi connectivity index (χ0v) is 12.2. The Balaban J connectivity index is 2.21. The highest BCUT2D eigenvalue weighted by Gasteiger charge is 2.23. The van der Waals surface area contributed by atoms with Crippen molar-refractivity contribution in [2.75, 3.05) is 13.1 Å². The Morgan fingerprint density at radius 1 is 1.32 bits per heavy atom. The topological polar surface area (TPSA) is 75.4 Å². The van der Waals surface area contributed by atoms with Crippen molar-refractivity contribution in [2.24, 2.45) is 17.7 Å². The largest absolute Gasteiger partial charge is 0.342 e. The van der Waals surface area contributed by atoms with Crippen LogP contribution < -0.4 is 11.3 Å². The number of nitrogens with zero attached hydrogens (tertiary/aromatic N) is 1. The predicted molar refractivity (Wildman–Crippen MR) is 74.9 cm³/mol. The zero-order valence-electron chi connectivity index (χ0n) is 12.2. The minimum Gasteiger partial charge on any atom is -0.342 e.